The lowest BCUT2D eigenvalue weighted by Gasteiger charge is -2.23. The van der Waals surface area contributed by atoms with Crippen LogP contribution in [0.1, 0.15) is 24.5 Å². The Bertz CT molecular complexity index is 561. The molecular formula is C17H19BrO2. The Morgan fingerprint density at radius 2 is 1.80 bits per heavy atom. The van der Waals surface area contributed by atoms with Gasteiger partial charge < -0.3 is 9.84 Å². The van der Waals surface area contributed by atoms with Crippen molar-refractivity contribution in [3.05, 3.63) is 59.7 Å². The van der Waals surface area contributed by atoms with Crippen LogP contribution in [0.5, 0.6) is 11.5 Å². The molecule has 1 N–H and O–H groups in total. The summed E-state index contributed by atoms with van der Waals surface area (Å²) in [6.45, 7) is 3.86. The molecule has 0 saturated carbocycles. The molecule has 2 aromatic rings. The van der Waals surface area contributed by atoms with Crippen LogP contribution in [0.15, 0.2) is 48.5 Å². The molecule has 0 amide bonds. The van der Waals surface area contributed by atoms with Crippen molar-refractivity contribution in [1.29, 1.82) is 0 Å². The molecule has 0 heterocycles. The lowest BCUT2D eigenvalue weighted by atomic mass is 9.93. The second kappa shape index (κ2) is 6.42. The molecule has 1 atom stereocenters. The third-order valence-corrected chi connectivity index (χ3v) is 3.68. The van der Waals surface area contributed by atoms with Gasteiger partial charge >= 0.3 is 0 Å². The van der Waals surface area contributed by atoms with Crippen LogP contribution < -0.4 is 4.74 Å². The van der Waals surface area contributed by atoms with Crippen molar-refractivity contribution < 1.29 is 9.84 Å². The van der Waals surface area contributed by atoms with Gasteiger partial charge in [-0.05, 0) is 55.7 Å². The molecule has 2 aromatic carbocycles. The van der Waals surface area contributed by atoms with E-state index in [0.29, 0.717) is 6.42 Å². The summed E-state index contributed by atoms with van der Waals surface area (Å²) in [6.07, 6.45) is 0.672. The fourth-order valence-corrected chi connectivity index (χ4v) is 2.80. The molecule has 0 bridgehead atoms. The maximum atomic E-state index is 10.3. The molecule has 0 saturated heterocycles. The van der Waals surface area contributed by atoms with E-state index in [-0.39, 0.29) is 0 Å². The zero-order valence-electron chi connectivity index (χ0n) is 11.8. The van der Waals surface area contributed by atoms with Crippen LogP contribution in [0.2, 0.25) is 0 Å². The Kier molecular flexibility index (Phi) is 4.84. The van der Waals surface area contributed by atoms with Crippen LogP contribution in [-0.4, -0.2) is 10.4 Å². The molecule has 0 aromatic heterocycles. The van der Waals surface area contributed by atoms with Crippen molar-refractivity contribution in [2.24, 2.45) is 0 Å². The van der Waals surface area contributed by atoms with E-state index in [4.69, 9.17) is 4.74 Å². The third-order valence-electron chi connectivity index (χ3n) is 3.28. The largest absolute Gasteiger partial charge is 0.457 e. The average molecular weight is 335 g/mol. The van der Waals surface area contributed by atoms with E-state index in [2.05, 4.69) is 15.9 Å². The van der Waals surface area contributed by atoms with Gasteiger partial charge in [0.05, 0.1) is 5.60 Å². The Morgan fingerprint density at radius 1 is 1.10 bits per heavy atom. The third kappa shape index (κ3) is 3.84. The maximum Gasteiger partial charge on any atom is 0.127 e. The summed E-state index contributed by atoms with van der Waals surface area (Å²) in [5.41, 5.74) is 1.25. The molecule has 0 aliphatic rings. The van der Waals surface area contributed by atoms with Gasteiger partial charge in [0.15, 0.2) is 0 Å². The topological polar surface area (TPSA) is 29.5 Å². The average Bonchev–Trinajstić information content (AvgIpc) is 2.39. The minimum atomic E-state index is -0.814. The molecule has 2 nitrogen and oxygen atoms in total. The summed E-state index contributed by atoms with van der Waals surface area (Å²) < 4.78 is 5.80. The van der Waals surface area contributed by atoms with Crippen LogP contribution >= 0.6 is 15.9 Å². The number of hydrogen-bond acceptors (Lipinski definition) is 2. The SMILES string of the molecule is Cc1cccc(Oc2ccc(C(C)(O)CCBr)cc2)c1. The lowest BCUT2D eigenvalue weighted by molar-refractivity contribution is 0.0546. The van der Waals surface area contributed by atoms with Crippen molar-refractivity contribution in [3.8, 4) is 11.5 Å². The minimum absolute atomic E-state index is 0.672. The number of hydrogen-bond donors (Lipinski definition) is 1. The summed E-state index contributed by atoms with van der Waals surface area (Å²) in [5, 5.41) is 11.1. The van der Waals surface area contributed by atoms with Gasteiger partial charge in [0, 0.05) is 5.33 Å². The highest BCUT2D eigenvalue weighted by atomic mass is 79.9. The number of aryl methyl sites for hydroxylation is 1. The van der Waals surface area contributed by atoms with Crippen molar-refractivity contribution in [2.75, 3.05) is 5.33 Å². The van der Waals surface area contributed by atoms with E-state index < -0.39 is 5.60 Å². The first-order valence-corrected chi connectivity index (χ1v) is 7.77. The summed E-state index contributed by atoms with van der Waals surface area (Å²) in [6, 6.07) is 15.5. The van der Waals surface area contributed by atoms with Crippen LogP contribution in [0.4, 0.5) is 0 Å². The van der Waals surface area contributed by atoms with Gasteiger partial charge in [-0.2, -0.15) is 0 Å². The highest BCUT2D eigenvalue weighted by Crippen LogP contribution is 2.28. The summed E-state index contributed by atoms with van der Waals surface area (Å²) in [5.74, 6) is 1.60. The predicted octanol–water partition coefficient (Wildman–Crippen LogP) is 4.78. The molecule has 0 fully saturated rings. The fraction of sp³-hybridized carbons (Fsp3) is 0.294. The monoisotopic (exact) mass is 334 g/mol. The van der Waals surface area contributed by atoms with Crippen LogP contribution in [0.25, 0.3) is 0 Å². The van der Waals surface area contributed by atoms with Gasteiger partial charge in [-0.3, -0.25) is 0 Å². The van der Waals surface area contributed by atoms with Gasteiger partial charge in [0.25, 0.3) is 0 Å². The molecule has 0 spiro atoms. The Morgan fingerprint density at radius 3 is 2.40 bits per heavy atom. The first-order valence-electron chi connectivity index (χ1n) is 6.65. The fourth-order valence-electron chi connectivity index (χ4n) is 2.03. The second-order valence-electron chi connectivity index (χ2n) is 5.16. The second-order valence-corrected chi connectivity index (χ2v) is 5.95. The van der Waals surface area contributed by atoms with Crippen molar-refractivity contribution in [2.45, 2.75) is 25.9 Å². The van der Waals surface area contributed by atoms with Crippen molar-refractivity contribution >= 4 is 15.9 Å². The predicted molar refractivity (Wildman–Crippen MR) is 85.7 cm³/mol. The molecule has 0 aliphatic carbocycles. The molecule has 20 heavy (non-hydrogen) atoms. The van der Waals surface area contributed by atoms with Crippen molar-refractivity contribution in [3.63, 3.8) is 0 Å². The quantitative estimate of drug-likeness (QED) is 0.797. The van der Waals surface area contributed by atoms with Crippen LogP contribution in [0.3, 0.4) is 0 Å². The van der Waals surface area contributed by atoms with E-state index in [9.17, 15) is 5.11 Å². The number of alkyl halides is 1. The number of rotatable bonds is 5. The van der Waals surface area contributed by atoms with E-state index >= 15 is 0 Å². The highest BCUT2D eigenvalue weighted by molar-refractivity contribution is 9.09. The summed E-state index contributed by atoms with van der Waals surface area (Å²) >= 11 is 3.36. The smallest absolute Gasteiger partial charge is 0.127 e. The van der Waals surface area contributed by atoms with Gasteiger partial charge in [-0.25, -0.2) is 0 Å². The van der Waals surface area contributed by atoms with Gasteiger partial charge in [-0.15, -0.1) is 0 Å². The summed E-state index contributed by atoms with van der Waals surface area (Å²) in [4.78, 5) is 0. The molecular weight excluding hydrogens is 316 g/mol. The van der Waals surface area contributed by atoms with E-state index in [0.717, 1.165) is 22.4 Å². The number of benzene rings is 2. The van der Waals surface area contributed by atoms with Gasteiger partial charge in [-0.1, -0.05) is 40.2 Å². The highest BCUT2D eigenvalue weighted by Gasteiger charge is 2.21. The van der Waals surface area contributed by atoms with Crippen molar-refractivity contribution in [1.82, 2.24) is 0 Å². The van der Waals surface area contributed by atoms with Crippen LogP contribution in [0, 0.1) is 6.92 Å². The molecule has 106 valence electrons. The zero-order valence-corrected chi connectivity index (χ0v) is 13.4. The Labute approximate surface area is 128 Å². The molecule has 3 heteroatoms. The molecule has 1 unspecified atom stereocenters. The van der Waals surface area contributed by atoms with E-state index in [1.807, 2.05) is 62.4 Å². The van der Waals surface area contributed by atoms with E-state index in [1.54, 1.807) is 0 Å². The maximum absolute atomic E-state index is 10.3. The number of halogens is 1. The summed E-state index contributed by atoms with van der Waals surface area (Å²) in [7, 11) is 0. The zero-order chi connectivity index (χ0) is 14.6. The molecule has 0 aliphatic heterocycles. The Hall–Kier alpha value is -1.32. The van der Waals surface area contributed by atoms with Gasteiger partial charge in [0.2, 0.25) is 0 Å². The minimum Gasteiger partial charge on any atom is -0.457 e. The molecule has 2 rings (SSSR count). The first-order chi connectivity index (χ1) is 9.51. The standard InChI is InChI=1S/C17H19BrO2/c1-13-4-3-5-16(12-13)20-15-8-6-14(7-9-15)17(2,19)10-11-18/h3-9,12,19H,10-11H2,1-2H3. The van der Waals surface area contributed by atoms with E-state index in [1.165, 1.54) is 5.56 Å². The normalized spacial score (nSPS) is 13.8. The first kappa shape index (κ1) is 15.1. The van der Waals surface area contributed by atoms with Crippen LogP contribution in [-0.2, 0) is 5.60 Å². The number of ether oxygens (including phenoxy) is 1. The lowest BCUT2D eigenvalue weighted by Crippen LogP contribution is -2.21. The Balaban J connectivity index is 2.12. The number of aliphatic hydroxyl groups is 1. The molecule has 0 radical (unpaired) electrons. The van der Waals surface area contributed by atoms with Gasteiger partial charge in [0.1, 0.15) is 11.5 Å².